The van der Waals surface area contributed by atoms with E-state index in [4.69, 9.17) is 0 Å². The lowest BCUT2D eigenvalue weighted by atomic mass is 9.58. The van der Waals surface area contributed by atoms with Crippen LogP contribution in [0.2, 0.25) is 0 Å². The fourth-order valence-electron chi connectivity index (χ4n) is 4.37. The molecule has 2 aliphatic carbocycles. The first-order valence-electron chi connectivity index (χ1n) is 7.99. The quantitative estimate of drug-likeness (QED) is 0.821. The van der Waals surface area contributed by atoms with E-state index in [2.05, 4.69) is 30.9 Å². The molecular formula is C18H23NO. The van der Waals surface area contributed by atoms with E-state index < -0.39 is 0 Å². The van der Waals surface area contributed by atoms with Crippen molar-refractivity contribution in [2.45, 2.75) is 44.6 Å². The zero-order valence-corrected chi connectivity index (χ0v) is 12.4. The lowest BCUT2D eigenvalue weighted by Gasteiger charge is -2.53. The van der Waals surface area contributed by atoms with Gasteiger partial charge >= 0.3 is 0 Å². The summed E-state index contributed by atoms with van der Waals surface area (Å²) in [5, 5.41) is 0. The summed E-state index contributed by atoms with van der Waals surface area (Å²) in [5.74, 6) is 1.65. The Morgan fingerprint density at radius 1 is 1.30 bits per heavy atom. The molecule has 1 saturated carbocycles. The number of ketones is 1. The Morgan fingerprint density at radius 2 is 2.05 bits per heavy atom. The molecule has 1 aliphatic heterocycles. The summed E-state index contributed by atoms with van der Waals surface area (Å²) in [6, 6.07) is 8.42. The number of Topliss-reactive ketones (excluding diaryl/α,β-unsaturated/α-hetero) is 1. The second-order valence-corrected chi connectivity index (χ2v) is 7.25. The Bertz CT molecular complexity index is 562. The minimum atomic E-state index is 0.115. The van der Waals surface area contributed by atoms with Gasteiger partial charge in [0.1, 0.15) is 0 Å². The third-order valence-electron chi connectivity index (χ3n) is 6.06. The van der Waals surface area contributed by atoms with Gasteiger partial charge in [-0.25, -0.2) is 0 Å². The Morgan fingerprint density at radius 3 is 2.80 bits per heavy atom. The summed E-state index contributed by atoms with van der Waals surface area (Å²) < 4.78 is 0. The van der Waals surface area contributed by atoms with E-state index in [1.54, 1.807) is 0 Å². The predicted octanol–water partition coefficient (Wildman–Crippen LogP) is 3.26. The van der Waals surface area contributed by atoms with E-state index >= 15 is 0 Å². The predicted molar refractivity (Wildman–Crippen MR) is 80.0 cm³/mol. The number of hydrogen-bond acceptors (Lipinski definition) is 2. The van der Waals surface area contributed by atoms with E-state index in [1.165, 1.54) is 24.8 Å². The van der Waals surface area contributed by atoms with Crippen molar-refractivity contribution in [3.63, 3.8) is 0 Å². The molecule has 2 fully saturated rings. The summed E-state index contributed by atoms with van der Waals surface area (Å²) >= 11 is 0. The zero-order chi connectivity index (χ0) is 13.9. The van der Waals surface area contributed by atoms with Crippen LogP contribution in [0, 0.1) is 11.8 Å². The van der Waals surface area contributed by atoms with Gasteiger partial charge in [-0.3, -0.25) is 9.69 Å². The van der Waals surface area contributed by atoms with Crippen molar-refractivity contribution in [1.29, 1.82) is 0 Å². The van der Waals surface area contributed by atoms with Crippen LogP contribution in [-0.2, 0) is 5.41 Å². The molecule has 0 N–H and O–H groups in total. The van der Waals surface area contributed by atoms with Crippen LogP contribution in [0.4, 0.5) is 0 Å². The number of piperidine rings is 1. The molecule has 0 spiro atoms. The van der Waals surface area contributed by atoms with Gasteiger partial charge in [0.15, 0.2) is 5.78 Å². The fraction of sp³-hybridized carbons (Fsp3) is 0.611. The highest BCUT2D eigenvalue weighted by atomic mass is 16.1. The molecule has 0 aromatic heterocycles. The Hall–Kier alpha value is -1.15. The van der Waals surface area contributed by atoms with E-state index in [0.29, 0.717) is 11.7 Å². The number of carbonyl (C=O) groups is 1. The largest absolute Gasteiger partial charge is 0.293 e. The molecule has 20 heavy (non-hydrogen) atoms. The lowest BCUT2D eigenvalue weighted by Crippen LogP contribution is -2.61. The third kappa shape index (κ3) is 1.64. The molecule has 2 heteroatoms. The molecule has 3 atom stereocenters. The number of likely N-dealkylation sites (tertiary alicyclic amines) is 1. The summed E-state index contributed by atoms with van der Waals surface area (Å²) in [6.07, 6.45) is 3.90. The standard InChI is InChI=1S/C18H23NO/c1-12-16-17(20)14-5-3-4-6-15(14)18(12,2)9-10-19(16)11-13-7-8-13/h3-6,12-13,16H,7-11H2,1-2H3. The smallest absolute Gasteiger partial charge is 0.180 e. The summed E-state index contributed by atoms with van der Waals surface area (Å²) in [6.45, 7) is 6.88. The van der Waals surface area contributed by atoms with E-state index in [0.717, 1.165) is 24.6 Å². The van der Waals surface area contributed by atoms with E-state index in [1.807, 2.05) is 12.1 Å². The molecule has 106 valence electrons. The normalized spacial score (nSPS) is 36.8. The first kappa shape index (κ1) is 12.6. The maximum atomic E-state index is 13.0. The molecule has 3 aliphatic rings. The van der Waals surface area contributed by atoms with Gasteiger partial charge in [0.25, 0.3) is 0 Å². The lowest BCUT2D eigenvalue weighted by molar-refractivity contribution is 0.0266. The highest BCUT2D eigenvalue weighted by Gasteiger charge is 2.52. The molecule has 0 radical (unpaired) electrons. The van der Waals surface area contributed by atoms with Crippen molar-refractivity contribution in [3.8, 4) is 0 Å². The topological polar surface area (TPSA) is 20.3 Å². The molecule has 1 saturated heterocycles. The third-order valence-corrected chi connectivity index (χ3v) is 6.06. The minimum Gasteiger partial charge on any atom is -0.293 e. The van der Waals surface area contributed by atoms with Crippen molar-refractivity contribution in [2.75, 3.05) is 13.1 Å². The molecule has 1 heterocycles. The first-order valence-corrected chi connectivity index (χ1v) is 7.99. The zero-order valence-electron chi connectivity index (χ0n) is 12.4. The summed E-state index contributed by atoms with van der Waals surface area (Å²) in [4.78, 5) is 15.4. The van der Waals surface area contributed by atoms with Gasteiger partial charge in [-0.2, -0.15) is 0 Å². The minimum absolute atomic E-state index is 0.115. The molecular weight excluding hydrogens is 246 g/mol. The molecule has 2 bridgehead atoms. The van der Waals surface area contributed by atoms with Gasteiger partial charge in [0.05, 0.1) is 6.04 Å². The monoisotopic (exact) mass is 269 g/mol. The van der Waals surface area contributed by atoms with Crippen molar-refractivity contribution in [2.24, 2.45) is 11.8 Å². The van der Waals surface area contributed by atoms with Gasteiger partial charge < -0.3 is 0 Å². The van der Waals surface area contributed by atoms with Crippen LogP contribution in [0.1, 0.15) is 49.0 Å². The van der Waals surface area contributed by atoms with E-state index in [-0.39, 0.29) is 11.5 Å². The number of rotatable bonds is 2. The molecule has 1 aromatic rings. The van der Waals surface area contributed by atoms with Gasteiger partial charge in [0.2, 0.25) is 0 Å². The number of benzene rings is 1. The van der Waals surface area contributed by atoms with Gasteiger partial charge in [0, 0.05) is 12.1 Å². The second kappa shape index (κ2) is 4.17. The second-order valence-electron chi connectivity index (χ2n) is 7.25. The fourth-order valence-corrected chi connectivity index (χ4v) is 4.37. The molecule has 0 amide bonds. The summed E-state index contributed by atoms with van der Waals surface area (Å²) in [5.41, 5.74) is 2.45. The van der Waals surface area contributed by atoms with Crippen LogP contribution < -0.4 is 0 Å². The molecule has 4 rings (SSSR count). The number of nitrogens with zero attached hydrogens (tertiary/aromatic N) is 1. The first-order chi connectivity index (χ1) is 9.61. The number of fused-ring (bicyclic) bond motifs is 4. The Kier molecular flexibility index (Phi) is 2.62. The van der Waals surface area contributed by atoms with Gasteiger partial charge in [-0.05, 0) is 48.6 Å². The van der Waals surface area contributed by atoms with Crippen LogP contribution in [0.15, 0.2) is 24.3 Å². The van der Waals surface area contributed by atoms with E-state index in [9.17, 15) is 4.79 Å². The molecule has 1 aromatic carbocycles. The SMILES string of the molecule is CC1C2C(=O)c3ccccc3C1(C)CCN2CC1CC1. The maximum absolute atomic E-state index is 13.0. The van der Waals surface area contributed by atoms with Crippen LogP contribution >= 0.6 is 0 Å². The average molecular weight is 269 g/mol. The Labute approximate surface area is 121 Å². The van der Waals surface area contributed by atoms with Crippen LogP contribution in [0.3, 0.4) is 0 Å². The van der Waals surface area contributed by atoms with Crippen LogP contribution in [0.5, 0.6) is 0 Å². The average Bonchev–Trinajstić information content (AvgIpc) is 3.26. The molecule has 3 unspecified atom stereocenters. The Balaban J connectivity index is 1.78. The molecule has 2 nitrogen and oxygen atoms in total. The highest BCUT2D eigenvalue weighted by Crippen LogP contribution is 2.49. The van der Waals surface area contributed by atoms with Crippen molar-refractivity contribution in [1.82, 2.24) is 4.90 Å². The number of carbonyl (C=O) groups excluding carboxylic acids is 1. The van der Waals surface area contributed by atoms with Crippen LogP contribution in [-0.4, -0.2) is 29.8 Å². The highest BCUT2D eigenvalue weighted by molar-refractivity contribution is 6.03. The summed E-state index contributed by atoms with van der Waals surface area (Å²) in [7, 11) is 0. The maximum Gasteiger partial charge on any atom is 0.180 e. The van der Waals surface area contributed by atoms with Crippen molar-refractivity contribution < 1.29 is 4.79 Å². The van der Waals surface area contributed by atoms with Crippen LogP contribution in [0.25, 0.3) is 0 Å². The van der Waals surface area contributed by atoms with Crippen molar-refractivity contribution in [3.05, 3.63) is 35.4 Å². The van der Waals surface area contributed by atoms with Crippen molar-refractivity contribution >= 4 is 5.78 Å². The van der Waals surface area contributed by atoms with Gasteiger partial charge in [-0.15, -0.1) is 0 Å². The van der Waals surface area contributed by atoms with Gasteiger partial charge in [-0.1, -0.05) is 38.1 Å². The number of hydrogen-bond donors (Lipinski definition) is 0.